The monoisotopic (exact) mass is 465 g/mol. The number of rotatable bonds is 8. The lowest BCUT2D eigenvalue weighted by Crippen LogP contribution is -2.52. The van der Waals surface area contributed by atoms with Crippen molar-refractivity contribution in [2.45, 2.75) is 38.8 Å². The molecular formula is C24H27N5O5. The molecule has 0 unspecified atom stereocenters. The van der Waals surface area contributed by atoms with E-state index in [4.69, 9.17) is 5.84 Å². The Bertz CT molecular complexity index is 1120. The Morgan fingerprint density at radius 2 is 1.76 bits per heavy atom. The summed E-state index contributed by atoms with van der Waals surface area (Å²) >= 11 is 0. The predicted octanol–water partition coefficient (Wildman–Crippen LogP) is 2.46. The number of hydrazone groups is 1. The molecule has 10 nitrogen and oxygen atoms in total. The summed E-state index contributed by atoms with van der Waals surface area (Å²) in [7, 11) is 0. The fraction of sp³-hybridized carbons (Fsp3) is 0.292. The summed E-state index contributed by atoms with van der Waals surface area (Å²) in [5, 5.41) is 14.8. The number of nitrogens with zero attached hydrogens (tertiary/aromatic N) is 4. The zero-order valence-corrected chi connectivity index (χ0v) is 19.2. The van der Waals surface area contributed by atoms with Crippen LogP contribution in [0.5, 0.6) is 0 Å². The highest BCUT2D eigenvalue weighted by Crippen LogP contribution is 2.40. The van der Waals surface area contributed by atoms with Gasteiger partial charge in [0.2, 0.25) is 5.91 Å². The summed E-state index contributed by atoms with van der Waals surface area (Å²) in [5.74, 6) is 2.74. The first-order valence-electron chi connectivity index (χ1n) is 10.7. The van der Waals surface area contributed by atoms with Gasteiger partial charge in [-0.15, -0.1) is 0 Å². The van der Waals surface area contributed by atoms with Gasteiger partial charge < -0.3 is 15.8 Å². The van der Waals surface area contributed by atoms with Gasteiger partial charge in [0.15, 0.2) is 0 Å². The molecule has 3 rings (SSSR count). The summed E-state index contributed by atoms with van der Waals surface area (Å²) in [6.45, 7) is 4.72. The number of benzene rings is 2. The minimum absolute atomic E-state index is 0.185. The van der Waals surface area contributed by atoms with Gasteiger partial charge in [-0.2, -0.15) is 10.1 Å². The number of imide groups is 1. The molecule has 2 aromatic rings. The number of urea groups is 1. The van der Waals surface area contributed by atoms with E-state index in [0.29, 0.717) is 16.7 Å². The molecule has 1 aliphatic rings. The minimum Gasteiger partial charge on any atom is -0.481 e. The average Bonchev–Trinajstić information content (AvgIpc) is 3.00. The molecule has 3 N–H and O–H groups in total. The molecule has 178 valence electrons. The van der Waals surface area contributed by atoms with Crippen molar-refractivity contribution in [2.75, 3.05) is 6.54 Å². The molecule has 2 atom stereocenters. The van der Waals surface area contributed by atoms with Crippen molar-refractivity contribution in [1.29, 1.82) is 0 Å². The van der Waals surface area contributed by atoms with Crippen LogP contribution in [-0.2, 0) is 19.9 Å². The molecule has 4 amide bonds. The topological polar surface area (TPSA) is 137 Å². The Hall–Kier alpha value is -4.21. The van der Waals surface area contributed by atoms with Crippen molar-refractivity contribution in [1.82, 2.24) is 14.9 Å². The lowest BCUT2D eigenvalue weighted by molar-refractivity contribution is -0.162. The van der Waals surface area contributed by atoms with Gasteiger partial charge >= 0.3 is 12.0 Å². The number of amides is 4. The third-order valence-corrected chi connectivity index (χ3v) is 5.96. The number of carbonyl (C=O) groups is 4. The van der Waals surface area contributed by atoms with Gasteiger partial charge in [-0.25, -0.2) is 9.80 Å². The molecule has 0 bridgehead atoms. The second kappa shape index (κ2) is 9.74. The van der Waals surface area contributed by atoms with E-state index in [0.717, 1.165) is 10.0 Å². The Morgan fingerprint density at radius 3 is 2.26 bits per heavy atom. The normalized spacial score (nSPS) is 19.0. The molecule has 1 heterocycles. The molecule has 0 aliphatic carbocycles. The number of hydrazine groups is 1. The third-order valence-electron chi connectivity index (χ3n) is 5.96. The number of carboxylic acids is 1. The fourth-order valence-electron chi connectivity index (χ4n) is 4.30. The second-order valence-corrected chi connectivity index (χ2v) is 8.00. The molecule has 10 heteroatoms. The summed E-state index contributed by atoms with van der Waals surface area (Å²) in [6.07, 6.45) is 0.960. The summed E-state index contributed by atoms with van der Waals surface area (Å²) in [6, 6.07) is 13.5. The molecule has 1 aliphatic heterocycles. The quantitative estimate of drug-likeness (QED) is 0.266. The van der Waals surface area contributed by atoms with Crippen molar-refractivity contribution in [3.63, 3.8) is 0 Å². The Kier molecular flexibility index (Phi) is 7.00. The highest BCUT2D eigenvalue weighted by atomic mass is 16.4. The molecule has 0 aromatic heterocycles. The first-order chi connectivity index (χ1) is 16.2. The first-order valence-corrected chi connectivity index (χ1v) is 10.7. The maximum Gasteiger partial charge on any atom is 0.347 e. The van der Waals surface area contributed by atoms with E-state index in [1.165, 1.54) is 18.0 Å². The molecule has 0 saturated carbocycles. The Balaban J connectivity index is 2.12. The molecule has 34 heavy (non-hydrogen) atoms. The molecular weight excluding hydrogens is 438 g/mol. The highest BCUT2D eigenvalue weighted by molar-refractivity contribution is 6.08. The van der Waals surface area contributed by atoms with E-state index in [1.54, 1.807) is 68.4 Å². The van der Waals surface area contributed by atoms with Crippen LogP contribution < -0.4 is 5.84 Å². The largest absolute Gasteiger partial charge is 0.481 e. The van der Waals surface area contributed by atoms with Crippen LogP contribution in [0.1, 0.15) is 49.9 Å². The van der Waals surface area contributed by atoms with Gasteiger partial charge in [-0.1, -0.05) is 54.6 Å². The zero-order valence-electron chi connectivity index (χ0n) is 19.2. The van der Waals surface area contributed by atoms with Crippen LogP contribution in [0.3, 0.4) is 0 Å². The van der Waals surface area contributed by atoms with E-state index in [9.17, 15) is 24.3 Å². The average molecular weight is 466 g/mol. The number of carboxylic acid groups (broad SMARTS) is 1. The molecule has 2 aromatic carbocycles. The van der Waals surface area contributed by atoms with Crippen LogP contribution >= 0.6 is 0 Å². The van der Waals surface area contributed by atoms with Crippen molar-refractivity contribution >= 4 is 30.0 Å². The number of aliphatic carboxylic acids is 1. The standard InChI is InChI=1S/C24H27N5O5/c1-4-27-23(34)29(22(33)24(27,3)19-12-10-17(11-13-19)15-26-25)28(16(2)30)20(14-21(31)32)18-8-6-5-7-9-18/h5-13,15,20H,4,14,25H2,1-3H3,(H,31,32)/t20-,24-/m1/s1. The number of carbonyl (C=O) groups excluding carboxylic acids is 3. The molecule has 1 fully saturated rings. The third kappa shape index (κ3) is 4.21. The summed E-state index contributed by atoms with van der Waals surface area (Å²) in [5.41, 5.74) is 0.315. The summed E-state index contributed by atoms with van der Waals surface area (Å²) < 4.78 is 0. The number of hydrogen-bond donors (Lipinski definition) is 2. The van der Waals surface area contributed by atoms with E-state index < -0.39 is 41.8 Å². The second-order valence-electron chi connectivity index (χ2n) is 8.00. The SMILES string of the molecule is CCN1C(=O)N(N(C(C)=O)[C@H](CC(=O)O)c2ccccc2)C(=O)[C@@]1(C)c1ccc(C=NN)cc1. The van der Waals surface area contributed by atoms with E-state index in [1.807, 2.05) is 0 Å². The number of nitrogens with two attached hydrogens (primary N) is 1. The maximum atomic E-state index is 13.9. The van der Waals surface area contributed by atoms with E-state index in [-0.39, 0.29) is 6.54 Å². The molecule has 0 spiro atoms. The van der Waals surface area contributed by atoms with Gasteiger partial charge in [-0.3, -0.25) is 14.4 Å². The van der Waals surface area contributed by atoms with Crippen molar-refractivity contribution in [3.8, 4) is 0 Å². The highest BCUT2D eigenvalue weighted by Gasteiger charge is 2.58. The van der Waals surface area contributed by atoms with Crippen molar-refractivity contribution < 1.29 is 24.3 Å². The van der Waals surface area contributed by atoms with Crippen molar-refractivity contribution in [2.24, 2.45) is 10.9 Å². The minimum atomic E-state index is -1.41. The van der Waals surface area contributed by atoms with Gasteiger partial charge in [-0.05, 0) is 30.5 Å². The van der Waals surface area contributed by atoms with Crippen LogP contribution in [0, 0.1) is 0 Å². The van der Waals surface area contributed by atoms with Crippen LogP contribution in [0.2, 0.25) is 0 Å². The Morgan fingerprint density at radius 1 is 1.15 bits per heavy atom. The lowest BCUT2D eigenvalue weighted by Gasteiger charge is -2.35. The number of likely N-dealkylation sites (N-methyl/N-ethyl adjacent to an activating group) is 1. The van der Waals surface area contributed by atoms with Gasteiger partial charge in [0.1, 0.15) is 5.54 Å². The summed E-state index contributed by atoms with van der Waals surface area (Å²) in [4.78, 5) is 53.3. The smallest absolute Gasteiger partial charge is 0.347 e. The van der Waals surface area contributed by atoms with Gasteiger partial charge in [0.05, 0.1) is 18.7 Å². The molecule has 1 saturated heterocycles. The van der Waals surface area contributed by atoms with Crippen LogP contribution in [-0.4, -0.2) is 56.6 Å². The number of hydrogen-bond acceptors (Lipinski definition) is 6. The maximum absolute atomic E-state index is 13.9. The van der Waals surface area contributed by atoms with Crippen LogP contribution in [0.4, 0.5) is 4.79 Å². The fourth-order valence-corrected chi connectivity index (χ4v) is 4.30. The van der Waals surface area contributed by atoms with Gasteiger partial charge in [0, 0.05) is 13.5 Å². The van der Waals surface area contributed by atoms with Gasteiger partial charge in [0.25, 0.3) is 5.91 Å². The van der Waals surface area contributed by atoms with E-state index >= 15 is 0 Å². The lowest BCUT2D eigenvalue weighted by atomic mass is 9.90. The van der Waals surface area contributed by atoms with Crippen LogP contribution in [0.25, 0.3) is 0 Å². The van der Waals surface area contributed by atoms with Crippen molar-refractivity contribution in [3.05, 3.63) is 71.3 Å². The van der Waals surface area contributed by atoms with E-state index in [2.05, 4.69) is 5.10 Å². The van der Waals surface area contributed by atoms with Crippen LogP contribution in [0.15, 0.2) is 59.7 Å². The first kappa shape index (κ1) is 24.4. The Labute approximate surface area is 197 Å². The predicted molar refractivity (Wildman–Crippen MR) is 124 cm³/mol. The zero-order chi connectivity index (χ0) is 25.0. The molecule has 0 radical (unpaired) electrons.